The number of aliphatic hydroxyl groups is 1. The molecule has 1 unspecified atom stereocenters. The summed E-state index contributed by atoms with van der Waals surface area (Å²) in [7, 11) is 0. The van der Waals surface area contributed by atoms with E-state index < -0.39 is 28.4 Å². The maximum absolute atomic E-state index is 13.0. The van der Waals surface area contributed by atoms with E-state index in [1.807, 2.05) is 0 Å². The number of ketones is 1. The summed E-state index contributed by atoms with van der Waals surface area (Å²) in [6.07, 6.45) is 1.46. The number of nitro benzene ring substituents is 1. The summed E-state index contributed by atoms with van der Waals surface area (Å²) in [5, 5.41) is 22.7. The van der Waals surface area contributed by atoms with Crippen LogP contribution in [0.25, 0.3) is 5.76 Å². The van der Waals surface area contributed by atoms with Crippen molar-refractivity contribution in [3.63, 3.8) is 0 Å². The molecule has 32 heavy (non-hydrogen) atoms. The fourth-order valence-corrected chi connectivity index (χ4v) is 3.83. The van der Waals surface area contributed by atoms with Crippen molar-refractivity contribution in [1.82, 2.24) is 4.98 Å². The van der Waals surface area contributed by atoms with Gasteiger partial charge in [-0.05, 0) is 57.9 Å². The van der Waals surface area contributed by atoms with E-state index in [9.17, 15) is 24.8 Å². The Hall–Kier alpha value is -3.56. The zero-order chi connectivity index (χ0) is 23.0. The maximum Gasteiger partial charge on any atom is 0.301 e. The molecule has 1 fully saturated rings. The van der Waals surface area contributed by atoms with Crippen LogP contribution < -0.4 is 4.90 Å². The van der Waals surface area contributed by atoms with Gasteiger partial charge in [-0.1, -0.05) is 23.7 Å². The molecule has 8 nitrogen and oxygen atoms in total. The number of amides is 1. The number of nitro groups is 1. The number of hydrogen-bond donors (Lipinski definition) is 1. The number of Topliss-reactive ketones (excluding diaryl/α,β-unsaturated/α-hetero) is 1. The Bertz CT molecular complexity index is 1280. The average molecular weight is 515 g/mol. The zero-order valence-corrected chi connectivity index (χ0v) is 18.4. The molecule has 10 heteroatoms. The van der Waals surface area contributed by atoms with E-state index in [-0.39, 0.29) is 28.2 Å². The number of aromatic nitrogens is 1. The van der Waals surface area contributed by atoms with Crippen molar-refractivity contribution in [2.24, 2.45) is 0 Å². The number of carbonyl (C=O) groups excluding carboxylic acids is 2. The molecule has 0 spiro atoms. The first-order valence-electron chi connectivity index (χ1n) is 9.21. The number of non-ortho nitro benzene ring substituents is 1. The highest BCUT2D eigenvalue weighted by Crippen LogP contribution is 2.42. The zero-order valence-electron chi connectivity index (χ0n) is 16.1. The minimum absolute atomic E-state index is 0.155. The highest BCUT2D eigenvalue weighted by atomic mass is 79.9. The maximum atomic E-state index is 13.0. The molecule has 2 heterocycles. The normalized spacial score (nSPS) is 17.6. The summed E-state index contributed by atoms with van der Waals surface area (Å²) in [6.45, 7) is 0. The molecule has 1 N–H and O–H groups in total. The Morgan fingerprint density at radius 1 is 1.12 bits per heavy atom. The second kappa shape index (κ2) is 8.52. The van der Waals surface area contributed by atoms with E-state index in [2.05, 4.69) is 20.9 Å². The van der Waals surface area contributed by atoms with Gasteiger partial charge in [0.05, 0.1) is 16.5 Å². The summed E-state index contributed by atoms with van der Waals surface area (Å²) in [5.74, 6) is -2.11. The van der Waals surface area contributed by atoms with Crippen LogP contribution in [-0.4, -0.2) is 26.7 Å². The molecule has 0 saturated carbocycles. The third-order valence-electron chi connectivity index (χ3n) is 4.92. The van der Waals surface area contributed by atoms with Gasteiger partial charge < -0.3 is 5.11 Å². The molecule has 2 aromatic carbocycles. The summed E-state index contributed by atoms with van der Waals surface area (Å²) in [5.41, 5.74) is 0.121. The highest BCUT2D eigenvalue weighted by Gasteiger charge is 2.47. The minimum atomic E-state index is -1.13. The van der Waals surface area contributed by atoms with E-state index in [1.165, 1.54) is 54.7 Å². The number of halogens is 2. The summed E-state index contributed by atoms with van der Waals surface area (Å²) in [4.78, 5) is 42.1. The molecule has 1 saturated heterocycles. The van der Waals surface area contributed by atoms with Crippen LogP contribution in [0.1, 0.15) is 17.2 Å². The van der Waals surface area contributed by atoms with Gasteiger partial charge in [-0.25, -0.2) is 4.98 Å². The number of pyridine rings is 1. The van der Waals surface area contributed by atoms with E-state index in [1.54, 1.807) is 12.1 Å². The summed E-state index contributed by atoms with van der Waals surface area (Å²) in [6, 6.07) is 13.7. The molecule has 1 aliphatic rings. The average Bonchev–Trinajstić information content (AvgIpc) is 3.05. The smallest absolute Gasteiger partial charge is 0.301 e. The first-order valence-corrected chi connectivity index (χ1v) is 10.4. The van der Waals surface area contributed by atoms with Crippen molar-refractivity contribution in [1.29, 1.82) is 0 Å². The van der Waals surface area contributed by atoms with Gasteiger partial charge in [-0.15, -0.1) is 0 Å². The van der Waals surface area contributed by atoms with Crippen molar-refractivity contribution >= 4 is 56.5 Å². The van der Waals surface area contributed by atoms with Gasteiger partial charge in [0.15, 0.2) is 0 Å². The quantitative estimate of drug-likeness (QED) is 0.172. The van der Waals surface area contributed by atoms with Gasteiger partial charge in [-0.2, -0.15) is 0 Å². The molecule has 3 aromatic rings. The van der Waals surface area contributed by atoms with Crippen LogP contribution in [0.3, 0.4) is 0 Å². The lowest BCUT2D eigenvalue weighted by Gasteiger charge is -2.24. The lowest BCUT2D eigenvalue weighted by atomic mass is 9.95. The van der Waals surface area contributed by atoms with Gasteiger partial charge in [0.2, 0.25) is 0 Å². The number of anilines is 1. The monoisotopic (exact) mass is 513 g/mol. The van der Waals surface area contributed by atoms with Crippen molar-refractivity contribution in [2.75, 3.05) is 4.90 Å². The largest absolute Gasteiger partial charge is 0.507 e. The van der Waals surface area contributed by atoms with Crippen LogP contribution in [0.2, 0.25) is 5.02 Å². The Morgan fingerprint density at radius 2 is 1.84 bits per heavy atom. The number of aliphatic hydroxyl groups excluding tert-OH is 1. The predicted octanol–water partition coefficient (Wildman–Crippen LogP) is 5.03. The minimum Gasteiger partial charge on any atom is -0.507 e. The fourth-order valence-electron chi connectivity index (χ4n) is 3.47. The molecular formula is C22H13BrClN3O5. The van der Waals surface area contributed by atoms with Crippen molar-refractivity contribution in [3.05, 3.63) is 103 Å². The standard InChI is InChI=1S/C22H13BrClN3O5/c23-14-6-9-17(25-11-14)26-19(13-2-1-3-16(10-13)27(31)32)18(21(29)22(26)30)20(28)12-4-7-15(24)8-5-12/h1-11,19,28H. The topological polar surface area (TPSA) is 114 Å². The van der Waals surface area contributed by atoms with Gasteiger partial charge >= 0.3 is 5.91 Å². The Morgan fingerprint density at radius 3 is 2.47 bits per heavy atom. The van der Waals surface area contributed by atoms with Crippen molar-refractivity contribution < 1.29 is 19.6 Å². The first-order chi connectivity index (χ1) is 15.3. The predicted molar refractivity (Wildman–Crippen MR) is 121 cm³/mol. The van der Waals surface area contributed by atoms with Gasteiger partial charge in [0.1, 0.15) is 11.6 Å². The molecule has 0 aliphatic carbocycles. The number of benzene rings is 2. The van der Waals surface area contributed by atoms with Gasteiger partial charge in [0.25, 0.3) is 11.5 Å². The van der Waals surface area contributed by atoms with Gasteiger partial charge in [0, 0.05) is 33.4 Å². The first kappa shape index (κ1) is 21.7. The van der Waals surface area contributed by atoms with E-state index in [0.717, 1.165) is 4.90 Å². The van der Waals surface area contributed by atoms with E-state index >= 15 is 0 Å². The van der Waals surface area contributed by atoms with Crippen LogP contribution in [-0.2, 0) is 9.59 Å². The Balaban J connectivity index is 1.96. The lowest BCUT2D eigenvalue weighted by molar-refractivity contribution is -0.384. The van der Waals surface area contributed by atoms with Crippen LogP contribution in [0, 0.1) is 10.1 Å². The van der Waals surface area contributed by atoms with E-state index in [0.29, 0.717) is 9.50 Å². The number of nitrogens with zero attached hydrogens (tertiary/aromatic N) is 3. The summed E-state index contributed by atoms with van der Waals surface area (Å²) >= 11 is 9.18. The van der Waals surface area contributed by atoms with Crippen LogP contribution in [0.4, 0.5) is 11.5 Å². The van der Waals surface area contributed by atoms with Crippen LogP contribution in [0.5, 0.6) is 0 Å². The highest BCUT2D eigenvalue weighted by molar-refractivity contribution is 9.10. The molecule has 160 valence electrons. The third-order valence-corrected chi connectivity index (χ3v) is 5.64. The molecule has 1 aromatic heterocycles. The fraction of sp³-hybridized carbons (Fsp3) is 0.0455. The number of hydrogen-bond acceptors (Lipinski definition) is 6. The molecule has 4 rings (SSSR count). The molecular weight excluding hydrogens is 502 g/mol. The number of rotatable bonds is 4. The van der Waals surface area contributed by atoms with Crippen LogP contribution >= 0.6 is 27.5 Å². The Labute approximate surface area is 195 Å². The van der Waals surface area contributed by atoms with Crippen molar-refractivity contribution in [3.8, 4) is 0 Å². The second-order valence-corrected chi connectivity index (χ2v) is 8.21. The van der Waals surface area contributed by atoms with E-state index in [4.69, 9.17) is 11.6 Å². The Kier molecular flexibility index (Phi) is 5.77. The van der Waals surface area contributed by atoms with Crippen molar-refractivity contribution in [2.45, 2.75) is 6.04 Å². The lowest BCUT2D eigenvalue weighted by Crippen LogP contribution is -2.30. The molecule has 1 aliphatic heterocycles. The van der Waals surface area contributed by atoms with Gasteiger partial charge in [-0.3, -0.25) is 24.6 Å². The molecule has 0 radical (unpaired) electrons. The second-order valence-electron chi connectivity index (χ2n) is 6.86. The molecule has 0 bridgehead atoms. The number of carbonyl (C=O) groups is 2. The SMILES string of the molecule is O=C1C(=O)N(c2ccc(Br)cn2)C(c2cccc([N+](=O)[O-])c2)C1=C(O)c1ccc(Cl)cc1. The summed E-state index contributed by atoms with van der Waals surface area (Å²) < 4.78 is 0.658. The van der Waals surface area contributed by atoms with Crippen LogP contribution in [0.15, 0.2) is 76.9 Å². The molecule has 1 amide bonds. The molecule has 1 atom stereocenters. The third kappa shape index (κ3) is 3.88.